The monoisotopic (exact) mass is 647 g/mol. The fraction of sp³-hybridized carbons (Fsp3) is 0.370. The predicted molar refractivity (Wildman–Crippen MR) is 158 cm³/mol. The number of sulfonamides is 1. The van der Waals surface area contributed by atoms with E-state index in [2.05, 4.69) is 21.0 Å². The van der Waals surface area contributed by atoms with Crippen molar-refractivity contribution in [1.29, 1.82) is 0 Å². The summed E-state index contributed by atoms with van der Waals surface area (Å²) in [6.07, 6.45) is 9.48. The number of allylic oxidation sites excluding steroid dienone is 1. The zero-order chi connectivity index (χ0) is 26.7. The summed E-state index contributed by atoms with van der Waals surface area (Å²) < 4.78 is 33.8. The smallest absolute Gasteiger partial charge is 0.274 e. The first-order valence-electron chi connectivity index (χ1n) is 12.7. The molecule has 0 saturated carbocycles. The molecule has 5 rings (SSSR count). The lowest BCUT2D eigenvalue weighted by Gasteiger charge is -2.35. The minimum absolute atomic E-state index is 0.128. The SMILES string of the molecule is COc1cc(N(I)S(=O)(=O)c2cccc3c2N=CCC3)ccc1C(=O)N1CCN(CC2=CCCC=N2)CC1. The highest BCUT2D eigenvalue weighted by molar-refractivity contribution is 14.1. The number of methoxy groups -OCH3 is 1. The van der Waals surface area contributed by atoms with Crippen molar-refractivity contribution in [3.63, 3.8) is 0 Å². The second kappa shape index (κ2) is 11.5. The molecule has 1 amide bonds. The van der Waals surface area contributed by atoms with Crippen LogP contribution >= 0.6 is 22.9 Å². The molecule has 0 unspecified atom stereocenters. The van der Waals surface area contributed by atoms with Gasteiger partial charge in [0, 0.05) is 56.9 Å². The van der Waals surface area contributed by atoms with E-state index in [0.717, 1.165) is 56.6 Å². The number of halogens is 1. The van der Waals surface area contributed by atoms with E-state index in [-0.39, 0.29) is 10.8 Å². The normalized spacial score (nSPS) is 17.6. The standard InChI is InChI=1S/C27H30IN5O4S/c1-37-24-18-22(33(28)38(35,36)25-9-4-6-20-7-5-13-30-26(20)25)10-11-23(24)27(34)32-16-14-31(15-17-32)19-21-8-2-3-12-29-21/h4,6,8-13,18H,2-3,5,7,14-17,19H2,1H3. The van der Waals surface area contributed by atoms with Crippen LogP contribution in [0.25, 0.3) is 0 Å². The van der Waals surface area contributed by atoms with E-state index in [0.29, 0.717) is 35.8 Å². The summed E-state index contributed by atoms with van der Waals surface area (Å²) >= 11 is 1.78. The number of anilines is 1. The molecule has 0 bridgehead atoms. The number of ether oxygens (including phenoxy) is 1. The molecule has 38 heavy (non-hydrogen) atoms. The van der Waals surface area contributed by atoms with Crippen molar-refractivity contribution < 1.29 is 17.9 Å². The van der Waals surface area contributed by atoms with Crippen molar-refractivity contribution in [3.8, 4) is 5.75 Å². The van der Waals surface area contributed by atoms with Crippen LogP contribution in [0, 0.1) is 0 Å². The van der Waals surface area contributed by atoms with Crippen LogP contribution in [0.15, 0.2) is 63.1 Å². The van der Waals surface area contributed by atoms with Gasteiger partial charge in [-0.25, -0.2) is 10.9 Å². The van der Waals surface area contributed by atoms with Crippen LogP contribution < -0.4 is 7.26 Å². The largest absolute Gasteiger partial charge is 0.496 e. The Kier molecular flexibility index (Phi) is 8.15. The second-order valence-corrected chi connectivity index (χ2v) is 12.7. The predicted octanol–water partition coefficient (Wildman–Crippen LogP) is 4.40. The van der Waals surface area contributed by atoms with E-state index >= 15 is 0 Å². The molecule has 11 heteroatoms. The Labute approximate surface area is 237 Å². The quantitative estimate of drug-likeness (QED) is 0.328. The number of fused-ring (bicyclic) bond motifs is 1. The van der Waals surface area contributed by atoms with Crippen molar-refractivity contribution >= 4 is 62.6 Å². The minimum atomic E-state index is -3.90. The van der Waals surface area contributed by atoms with Crippen molar-refractivity contribution in [2.45, 2.75) is 30.6 Å². The second-order valence-electron chi connectivity index (χ2n) is 9.37. The molecule has 9 nitrogen and oxygen atoms in total. The maximum absolute atomic E-state index is 13.6. The van der Waals surface area contributed by atoms with Gasteiger partial charge in [0.2, 0.25) is 0 Å². The van der Waals surface area contributed by atoms with E-state index in [1.807, 2.05) is 17.2 Å². The molecule has 0 spiro atoms. The summed E-state index contributed by atoms with van der Waals surface area (Å²) in [5, 5.41) is 0. The summed E-state index contributed by atoms with van der Waals surface area (Å²) in [7, 11) is -2.41. The summed E-state index contributed by atoms with van der Waals surface area (Å²) in [5.74, 6) is 0.207. The molecule has 1 fully saturated rings. The molecule has 3 aliphatic heterocycles. The van der Waals surface area contributed by atoms with Crippen LogP contribution in [0.2, 0.25) is 0 Å². The fourth-order valence-corrected chi connectivity index (χ4v) is 7.04. The number of piperazine rings is 1. The van der Waals surface area contributed by atoms with Crippen molar-refractivity contribution in [3.05, 3.63) is 59.3 Å². The van der Waals surface area contributed by atoms with E-state index in [1.54, 1.807) is 59.4 Å². The Morgan fingerprint density at radius 3 is 2.58 bits per heavy atom. The van der Waals surface area contributed by atoms with Crippen LogP contribution in [-0.4, -0.2) is 76.4 Å². The van der Waals surface area contributed by atoms with Crippen LogP contribution in [0.3, 0.4) is 0 Å². The van der Waals surface area contributed by atoms with E-state index in [9.17, 15) is 13.2 Å². The van der Waals surface area contributed by atoms with Crippen LogP contribution in [0.5, 0.6) is 5.75 Å². The highest BCUT2D eigenvalue weighted by atomic mass is 127. The topological polar surface area (TPSA) is 94.9 Å². The molecule has 3 heterocycles. The Balaban J connectivity index is 1.31. The van der Waals surface area contributed by atoms with Gasteiger partial charge in [-0.2, -0.15) is 0 Å². The van der Waals surface area contributed by atoms with Gasteiger partial charge in [0.15, 0.2) is 0 Å². The van der Waals surface area contributed by atoms with E-state index in [4.69, 9.17) is 4.74 Å². The van der Waals surface area contributed by atoms with E-state index < -0.39 is 10.0 Å². The summed E-state index contributed by atoms with van der Waals surface area (Å²) in [4.78, 5) is 26.5. The number of aryl methyl sites for hydroxylation is 1. The summed E-state index contributed by atoms with van der Waals surface area (Å²) in [5.41, 5.74) is 3.30. The molecule has 200 valence electrons. The van der Waals surface area contributed by atoms with Crippen LogP contribution in [-0.2, 0) is 16.4 Å². The lowest BCUT2D eigenvalue weighted by molar-refractivity contribution is 0.0644. The molecule has 0 atom stereocenters. The van der Waals surface area contributed by atoms with Gasteiger partial charge >= 0.3 is 0 Å². The van der Waals surface area contributed by atoms with Gasteiger partial charge in [-0.15, -0.1) is 0 Å². The Hall–Kier alpha value is -2.77. The molecule has 3 aliphatic rings. The third kappa shape index (κ3) is 5.50. The molecule has 2 aromatic rings. The number of hydrogen-bond acceptors (Lipinski definition) is 7. The molecular weight excluding hydrogens is 617 g/mol. The zero-order valence-corrected chi connectivity index (χ0v) is 24.2. The fourth-order valence-electron chi connectivity index (χ4n) is 4.86. The van der Waals surface area contributed by atoms with Crippen molar-refractivity contribution in [2.24, 2.45) is 9.98 Å². The maximum atomic E-state index is 13.6. The molecule has 0 radical (unpaired) electrons. The summed E-state index contributed by atoms with van der Waals surface area (Å²) in [6.45, 7) is 3.54. The molecule has 0 N–H and O–H groups in total. The Morgan fingerprint density at radius 1 is 1.05 bits per heavy atom. The van der Waals surface area contributed by atoms with Gasteiger partial charge < -0.3 is 9.64 Å². The number of hydrogen-bond donors (Lipinski definition) is 0. The van der Waals surface area contributed by atoms with Crippen LogP contribution in [0.1, 0.15) is 35.2 Å². The number of para-hydroxylation sites is 1. The van der Waals surface area contributed by atoms with Crippen molar-refractivity contribution in [1.82, 2.24) is 9.80 Å². The molecule has 0 aromatic heterocycles. The number of carbonyl (C=O) groups is 1. The van der Waals surface area contributed by atoms with Gasteiger partial charge in [-0.1, -0.05) is 18.2 Å². The van der Waals surface area contributed by atoms with Gasteiger partial charge in [0.05, 0.1) is 46.9 Å². The molecule has 1 saturated heterocycles. The number of aliphatic imine (C=N–C) groups is 2. The zero-order valence-electron chi connectivity index (χ0n) is 21.2. The number of carbonyl (C=O) groups excluding carboxylic acids is 1. The Morgan fingerprint density at radius 2 is 1.84 bits per heavy atom. The van der Waals surface area contributed by atoms with Crippen LogP contribution in [0.4, 0.5) is 11.4 Å². The third-order valence-corrected chi connectivity index (χ3v) is 10.6. The lowest BCUT2D eigenvalue weighted by Crippen LogP contribution is -2.49. The average Bonchev–Trinajstić information content (AvgIpc) is 2.96. The maximum Gasteiger partial charge on any atom is 0.274 e. The molecule has 2 aromatic carbocycles. The third-order valence-electron chi connectivity index (χ3n) is 6.93. The Bertz CT molecular complexity index is 1410. The summed E-state index contributed by atoms with van der Waals surface area (Å²) in [6, 6.07) is 10.1. The first-order valence-corrected chi connectivity index (χ1v) is 15.1. The highest BCUT2D eigenvalue weighted by Crippen LogP contribution is 2.38. The lowest BCUT2D eigenvalue weighted by atomic mass is 10.1. The first-order chi connectivity index (χ1) is 18.4. The number of nitrogens with zero attached hydrogens (tertiary/aromatic N) is 5. The van der Waals surface area contributed by atoms with Gasteiger partial charge in [-0.05, 0) is 49.4 Å². The van der Waals surface area contributed by atoms with Gasteiger partial charge in [-0.3, -0.25) is 19.7 Å². The van der Waals surface area contributed by atoms with E-state index in [1.165, 1.54) is 9.63 Å². The number of benzene rings is 2. The molecule has 0 aliphatic carbocycles. The van der Waals surface area contributed by atoms with Gasteiger partial charge in [0.1, 0.15) is 10.6 Å². The minimum Gasteiger partial charge on any atom is -0.496 e. The first kappa shape index (κ1) is 26.8. The molecular formula is C27H30IN5O4S. The highest BCUT2D eigenvalue weighted by Gasteiger charge is 2.30. The van der Waals surface area contributed by atoms with Gasteiger partial charge in [0.25, 0.3) is 15.9 Å². The number of amides is 1. The van der Waals surface area contributed by atoms with Crippen molar-refractivity contribution in [2.75, 3.05) is 42.4 Å². The average molecular weight is 648 g/mol. The number of rotatable bonds is 7.